The van der Waals surface area contributed by atoms with Crippen LogP contribution in [-0.2, 0) is 23.7 Å². The van der Waals surface area contributed by atoms with Crippen molar-refractivity contribution in [3.05, 3.63) is 52.2 Å². The standard InChI is InChI=1S/C22H22ClN3O/c1-21(2)17-9-8-16-18(13-6-5-7-15(23)10-13)26(4)25-19(16)22(17,3)11-14(12-24)20(21)27/h5-7,10-11,17H,8-9H2,1-4H3/t17?,22-/m0/s1. The Hall–Kier alpha value is -2.38. The maximum Gasteiger partial charge on any atom is 0.178 e. The highest BCUT2D eigenvalue weighted by Crippen LogP contribution is 2.55. The summed E-state index contributed by atoms with van der Waals surface area (Å²) in [6.45, 7) is 6.05. The van der Waals surface area contributed by atoms with Gasteiger partial charge in [0.1, 0.15) is 6.07 Å². The fourth-order valence-electron chi connectivity index (χ4n) is 5.22. The fourth-order valence-corrected chi connectivity index (χ4v) is 5.41. The first-order valence-electron chi connectivity index (χ1n) is 9.20. The molecule has 0 saturated carbocycles. The molecule has 1 aromatic heterocycles. The summed E-state index contributed by atoms with van der Waals surface area (Å²) in [4.78, 5) is 12.8. The molecule has 0 radical (unpaired) electrons. The molecule has 0 N–H and O–H groups in total. The Kier molecular flexibility index (Phi) is 3.87. The molecule has 2 aliphatic rings. The van der Waals surface area contributed by atoms with Crippen LogP contribution in [0.2, 0.25) is 5.02 Å². The Morgan fingerprint density at radius 3 is 2.74 bits per heavy atom. The lowest BCUT2D eigenvalue weighted by Gasteiger charge is -2.49. The van der Waals surface area contributed by atoms with Crippen molar-refractivity contribution in [2.75, 3.05) is 0 Å². The third-order valence-electron chi connectivity index (χ3n) is 6.43. The van der Waals surface area contributed by atoms with Gasteiger partial charge < -0.3 is 0 Å². The van der Waals surface area contributed by atoms with Crippen LogP contribution >= 0.6 is 11.6 Å². The maximum absolute atomic E-state index is 12.8. The van der Waals surface area contributed by atoms with Gasteiger partial charge >= 0.3 is 0 Å². The first-order valence-corrected chi connectivity index (χ1v) is 9.58. The van der Waals surface area contributed by atoms with E-state index in [-0.39, 0.29) is 17.3 Å². The Bertz CT molecular complexity index is 1040. The van der Waals surface area contributed by atoms with E-state index in [0.717, 1.165) is 29.8 Å². The molecule has 0 fully saturated rings. The van der Waals surface area contributed by atoms with Crippen molar-refractivity contribution in [3.63, 3.8) is 0 Å². The lowest BCUT2D eigenvalue weighted by atomic mass is 9.52. The Labute approximate surface area is 164 Å². The van der Waals surface area contributed by atoms with Gasteiger partial charge in [0.25, 0.3) is 0 Å². The summed E-state index contributed by atoms with van der Waals surface area (Å²) in [6, 6.07) is 9.93. The number of ketones is 1. The summed E-state index contributed by atoms with van der Waals surface area (Å²) in [5, 5.41) is 15.1. The quantitative estimate of drug-likeness (QED) is 0.726. The second-order valence-corrected chi connectivity index (χ2v) is 8.84. The fraction of sp³-hybridized carbons (Fsp3) is 0.409. The molecule has 2 atom stereocenters. The zero-order valence-corrected chi connectivity index (χ0v) is 16.8. The molecule has 2 aliphatic carbocycles. The van der Waals surface area contributed by atoms with Gasteiger partial charge in [-0.25, -0.2) is 0 Å². The van der Waals surface area contributed by atoms with Crippen molar-refractivity contribution in [2.45, 2.75) is 39.0 Å². The number of nitrogens with zero attached hydrogens (tertiary/aromatic N) is 3. The van der Waals surface area contributed by atoms with Crippen LogP contribution < -0.4 is 0 Å². The maximum atomic E-state index is 12.8. The van der Waals surface area contributed by atoms with Gasteiger partial charge in [0.05, 0.1) is 17.0 Å². The Morgan fingerprint density at radius 2 is 2.07 bits per heavy atom. The summed E-state index contributed by atoms with van der Waals surface area (Å²) in [6.07, 6.45) is 3.60. The van der Waals surface area contributed by atoms with Crippen LogP contribution in [0, 0.1) is 22.7 Å². The lowest BCUT2D eigenvalue weighted by molar-refractivity contribution is -0.128. The van der Waals surface area contributed by atoms with Crippen molar-refractivity contribution in [1.82, 2.24) is 9.78 Å². The number of rotatable bonds is 1. The highest BCUT2D eigenvalue weighted by molar-refractivity contribution is 6.30. The molecule has 0 aliphatic heterocycles. The summed E-state index contributed by atoms with van der Waals surface area (Å²) >= 11 is 6.21. The van der Waals surface area contributed by atoms with Crippen LogP contribution in [0.5, 0.6) is 0 Å². The number of hydrogen-bond donors (Lipinski definition) is 0. The van der Waals surface area contributed by atoms with Crippen LogP contribution in [-0.4, -0.2) is 15.6 Å². The van der Waals surface area contributed by atoms with E-state index in [1.807, 2.05) is 55.9 Å². The third-order valence-corrected chi connectivity index (χ3v) is 6.66. The zero-order chi connectivity index (χ0) is 19.6. The average Bonchev–Trinajstić information content (AvgIpc) is 2.96. The SMILES string of the molecule is Cn1nc2c(c1-c1cccc(Cl)c1)CCC1C(C)(C)C(=O)C(C#N)=C[C@]21C. The van der Waals surface area contributed by atoms with Crippen molar-refractivity contribution in [1.29, 1.82) is 5.26 Å². The summed E-state index contributed by atoms with van der Waals surface area (Å²) in [7, 11) is 1.95. The van der Waals surface area contributed by atoms with E-state index >= 15 is 0 Å². The summed E-state index contributed by atoms with van der Waals surface area (Å²) in [5.74, 6) is 0.0612. The Morgan fingerprint density at radius 1 is 1.33 bits per heavy atom. The molecule has 1 aromatic carbocycles. The lowest BCUT2D eigenvalue weighted by Crippen LogP contribution is -2.51. The van der Waals surface area contributed by atoms with E-state index in [1.54, 1.807) is 0 Å². The van der Waals surface area contributed by atoms with E-state index < -0.39 is 10.8 Å². The molecule has 4 rings (SSSR count). The third kappa shape index (κ3) is 2.41. The van der Waals surface area contributed by atoms with Gasteiger partial charge in [-0.3, -0.25) is 9.48 Å². The molecule has 0 saturated heterocycles. The summed E-state index contributed by atoms with van der Waals surface area (Å²) < 4.78 is 1.91. The van der Waals surface area contributed by atoms with Gasteiger partial charge in [-0.15, -0.1) is 0 Å². The minimum atomic E-state index is -0.583. The number of fused-ring (bicyclic) bond motifs is 3. The highest BCUT2D eigenvalue weighted by atomic mass is 35.5. The van der Waals surface area contributed by atoms with Crippen molar-refractivity contribution >= 4 is 17.4 Å². The first kappa shape index (κ1) is 18.0. The number of Topliss-reactive ketones (excluding diaryl/α,β-unsaturated/α-hetero) is 1. The number of carbonyl (C=O) groups excluding carboxylic acids is 1. The molecule has 1 heterocycles. The number of aromatic nitrogens is 2. The predicted molar refractivity (Wildman–Crippen MR) is 105 cm³/mol. The van der Waals surface area contributed by atoms with E-state index in [9.17, 15) is 10.1 Å². The predicted octanol–water partition coefficient (Wildman–Crippen LogP) is 4.62. The molecule has 0 amide bonds. The first-order chi connectivity index (χ1) is 12.7. The molecule has 27 heavy (non-hydrogen) atoms. The molecule has 0 spiro atoms. The van der Waals surface area contributed by atoms with Crippen LogP contribution in [0.4, 0.5) is 0 Å². The normalized spacial score (nSPS) is 26.0. The van der Waals surface area contributed by atoms with Crippen molar-refractivity contribution in [2.24, 2.45) is 18.4 Å². The number of carbonyl (C=O) groups is 1. The van der Waals surface area contributed by atoms with Crippen molar-refractivity contribution in [3.8, 4) is 17.3 Å². The van der Waals surface area contributed by atoms with E-state index in [0.29, 0.717) is 5.02 Å². The van der Waals surface area contributed by atoms with Gasteiger partial charge in [-0.1, -0.05) is 50.6 Å². The molecular weight excluding hydrogens is 358 g/mol. The molecule has 4 nitrogen and oxygen atoms in total. The molecule has 138 valence electrons. The van der Waals surface area contributed by atoms with Gasteiger partial charge in [-0.2, -0.15) is 10.4 Å². The number of allylic oxidation sites excluding steroid dienone is 2. The number of aryl methyl sites for hydroxylation is 1. The van der Waals surface area contributed by atoms with E-state index in [1.165, 1.54) is 5.56 Å². The van der Waals surface area contributed by atoms with Gasteiger partial charge in [0.15, 0.2) is 5.78 Å². The number of hydrogen-bond acceptors (Lipinski definition) is 3. The topological polar surface area (TPSA) is 58.7 Å². The Balaban J connectivity index is 1.96. The average molecular weight is 380 g/mol. The number of halogens is 1. The van der Waals surface area contributed by atoms with E-state index in [2.05, 4.69) is 13.0 Å². The minimum Gasteiger partial charge on any atom is -0.293 e. The van der Waals surface area contributed by atoms with Crippen molar-refractivity contribution < 1.29 is 4.79 Å². The number of nitriles is 1. The molecule has 5 heteroatoms. The minimum absolute atomic E-state index is 0.0538. The zero-order valence-electron chi connectivity index (χ0n) is 16.0. The van der Waals surface area contributed by atoms with Crippen LogP contribution in [0.15, 0.2) is 35.9 Å². The van der Waals surface area contributed by atoms with Gasteiger partial charge in [0, 0.05) is 34.0 Å². The van der Waals surface area contributed by atoms with E-state index in [4.69, 9.17) is 16.7 Å². The molecule has 0 bridgehead atoms. The monoisotopic (exact) mass is 379 g/mol. The highest BCUT2D eigenvalue weighted by Gasteiger charge is 2.55. The van der Waals surface area contributed by atoms with Gasteiger partial charge in [-0.05, 0) is 30.9 Å². The molecule has 2 aromatic rings. The summed E-state index contributed by atoms with van der Waals surface area (Å²) in [5.41, 5.74) is 3.50. The largest absolute Gasteiger partial charge is 0.293 e. The second kappa shape index (κ2) is 5.81. The number of benzene rings is 1. The van der Waals surface area contributed by atoms with Crippen LogP contribution in [0.25, 0.3) is 11.3 Å². The molecule has 1 unspecified atom stereocenters. The smallest absolute Gasteiger partial charge is 0.178 e. The molecular formula is C22H22ClN3O. The van der Waals surface area contributed by atoms with Crippen LogP contribution in [0.3, 0.4) is 0 Å². The van der Waals surface area contributed by atoms with Crippen LogP contribution in [0.1, 0.15) is 38.4 Å². The van der Waals surface area contributed by atoms with Gasteiger partial charge in [0.2, 0.25) is 0 Å². The second-order valence-electron chi connectivity index (χ2n) is 8.40.